The number of anilines is 1. The molecule has 158 valence electrons. The number of benzene rings is 1. The second-order valence-corrected chi connectivity index (χ2v) is 9.77. The zero-order chi connectivity index (χ0) is 20.8. The number of aliphatic hydroxyl groups is 1. The number of nitrogens with one attached hydrogen (secondary N) is 2. The van der Waals surface area contributed by atoms with Gasteiger partial charge >= 0.3 is 0 Å². The lowest BCUT2D eigenvalue weighted by atomic mass is 9.47. The van der Waals surface area contributed by atoms with Crippen LogP contribution in [0.1, 0.15) is 61.1 Å². The van der Waals surface area contributed by atoms with Gasteiger partial charge in [0, 0.05) is 18.7 Å². The highest BCUT2D eigenvalue weighted by Crippen LogP contribution is 2.62. The minimum absolute atomic E-state index is 0.0110. The first-order valence-corrected chi connectivity index (χ1v) is 10.8. The largest absolute Gasteiger partial charge is 0.459 e. The molecular weight excluding hydrogens is 380 g/mol. The molecule has 6 heteroatoms. The molecule has 1 heterocycles. The van der Waals surface area contributed by atoms with Gasteiger partial charge < -0.3 is 20.2 Å². The Morgan fingerprint density at radius 2 is 1.80 bits per heavy atom. The zero-order valence-corrected chi connectivity index (χ0v) is 17.0. The fraction of sp³-hybridized carbons (Fsp3) is 0.500. The molecule has 2 amide bonds. The van der Waals surface area contributed by atoms with E-state index in [0.29, 0.717) is 30.5 Å². The molecule has 3 N–H and O–H groups in total. The normalized spacial score (nSPS) is 31.5. The minimum Gasteiger partial charge on any atom is -0.459 e. The van der Waals surface area contributed by atoms with E-state index in [4.69, 9.17) is 4.42 Å². The van der Waals surface area contributed by atoms with E-state index in [-0.39, 0.29) is 23.0 Å². The lowest BCUT2D eigenvalue weighted by Gasteiger charge is -2.60. The Balaban J connectivity index is 1.14. The van der Waals surface area contributed by atoms with Gasteiger partial charge in [-0.05, 0) is 85.6 Å². The van der Waals surface area contributed by atoms with E-state index < -0.39 is 5.60 Å². The van der Waals surface area contributed by atoms with E-state index in [2.05, 4.69) is 10.6 Å². The molecule has 0 radical (unpaired) electrons. The van der Waals surface area contributed by atoms with Gasteiger partial charge in [-0.1, -0.05) is 12.1 Å². The van der Waals surface area contributed by atoms with Gasteiger partial charge in [0.15, 0.2) is 5.76 Å². The summed E-state index contributed by atoms with van der Waals surface area (Å²) in [4.78, 5) is 24.7. The van der Waals surface area contributed by atoms with Crippen LogP contribution in [0.2, 0.25) is 0 Å². The molecule has 6 nitrogen and oxygen atoms in total. The van der Waals surface area contributed by atoms with Gasteiger partial charge in [-0.25, -0.2) is 0 Å². The Morgan fingerprint density at radius 1 is 1.07 bits per heavy atom. The Kier molecular flexibility index (Phi) is 4.69. The van der Waals surface area contributed by atoms with Crippen molar-refractivity contribution in [2.24, 2.45) is 17.3 Å². The molecule has 1 aromatic heterocycles. The number of carbonyl (C=O) groups excluding carboxylic acids is 2. The average Bonchev–Trinajstić information content (AvgIpc) is 3.20. The molecule has 2 aromatic rings. The summed E-state index contributed by atoms with van der Waals surface area (Å²) in [5.74, 6) is 1.22. The lowest BCUT2D eigenvalue weighted by Crippen LogP contribution is -2.56. The smallest absolute Gasteiger partial charge is 0.291 e. The SMILES string of the molecule is O=C(CC12CC3CC(CC(O)(C3)C1)C2)NCc1ccc(NC(=O)c2ccco2)cc1. The molecular formula is C24H28N2O4. The number of rotatable bonds is 6. The highest BCUT2D eigenvalue weighted by Gasteiger charge is 2.57. The van der Waals surface area contributed by atoms with Crippen LogP contribution in [0.4, 0.5) is 5.69 Å². The van der Waals surface area contributed by atoms with Crippen molar-refractivity contribution in [3.8, 4) is 0 Å². The summed E-state index contributed by atoms with van der Waals surface area (Å²) in [6, 6.07) is 10.7. The maximum atomic E-state index is 12.7. The van der Waals surface area contributed by atoms with E-state index in [1.807, 2.05) is 24.3 Å². The Labute approximate surface area is 176 Å². The predicted octanol–water partition coefficient (Wildman–Crippen LogP) is 3.87. The van der Waals surface area contributed by atoms with Crippen LogP contribution in [0.3, 0.4) is 0 Å². The predicted molar refractivity (Wildman–Crippen MR) is 112 cm³/mol. The van der Waals surface area contributed by atoms with Crippen molar-refractivity contribution in [3.63, 3.8) is 0 Å². The first-order valence-electron chi connectivity index (χ1n) is 10.8. The Bertz CT molecular complexity index is 921. The van der Waals surface area contributed by atoms with E-state index in [9.17, 15) is 14.7 Å². The molecule has 4 saturated carbocycles. The molecule has 4 bridgehead atoms. The molecule has 30 heavy (non-hydrogen) atoms. The van der Waals surface area contributed by atoms with Crippen LogP contribution in [0.5, 0.6) is 0 Å². The fourth-order valence-electron chi connectivity index (χ4n) is 6.52. The van der Waals surface area contributed by atoms with Crippen LogP contribution < -0.4 is 10.6 Å². The molecule has 2 unspecified atom stereocenters. The highest BCUT2D eigenvalue weighted by molar-refractivity contribution is 6.02. The summed E-state index contributed by atoms with van der Waals surface area (Å²) in [6.07, 6.45) is 8.01. The minimum atomic E-state index is -0.528. The molecule has 0 aliphatic heterocycles. The summed E-state index contributed by atoms with van der Waals surface area (Å²) in [6.45, 7) is 0.457. The van der Waals surface area contributed by atoms with Gasteiger partial charge in [-0.15, -0.1) is 0 Å². The number of hydrogen-bond donors (Lipinski definition) is 3. The molecule has 0 spiro atoms. The van der Waals surface area contributed by atoms with E-state index in [0.717, 1.165) is 37.7 Å². The second-order valence-electron chi connectivity index (χ2n) is 9.77. The third kappa shape index (κ3) is 3.88. The summed E-state index contributed by atoms with van der Waals surface area (Å²) >= 11 is 0. The number of carbonyl (C=O) groups is 2. The van der Waals surface area contributed by atoms with Crippen molar-refractivity contribution in [1.29, 1.82) is 0 Å². The van der Waals surface area contributed by atoms with Crippen LogP contribution >= 0.6 is 0 Å². The fourth-order valence-corrected chi connectivity index (χ4v) is 6.52. The summed E-state index contributed by atoms with van der Waals surface area (Å²) < 4.78 is 5.09. The molecule has 1 aromatic carbocycles. The van der Waals surface area contributed by atoms with Crippen molar-refractivity contribution in [3.05, 3.63) is 54.0 Å². The maximum Gasteiger partial charge on any atom is 0.291 e. The summed E-state index contributed by atoms with van der Waals surface area (Å²) in [7, 11) is 0. The standard InChI is InChI=1S/C24H28N2O4/c27-21(13-23-9-17-8-18(10-23)12-24(29,11-17)15-23)25-14-16-3-5-19(6-4-16)26-22(28)20-2-1-7-30-20/h1-7,17-18,29H,8-15H2,(H,25,27)(H,26,28). The van der Waals surface area contributed by atoms with Gasteiger partial charge in [0.05, 0.1) is 11.9 Å². The first kappa shape index (κ1) is 19.4. The Morgan fingerprint density at radius 3 is 2.43 bits per heavy atom. The van der Waals surface area contributed by atoms with Gasteiger partial charge in [-0.2, -0.15) is 0 Å². The topological polar surface area (TPSA) is 91.6 Å². The van der Waals surface area contributed by atoms with Gasteiger partial charge in [0.25, 0.3) is 5.91 Å². The van der Waals surface area contributed by atoms with Crippen molar-refractivity contribution in [2.75, 3.05) is 5.32 Å². The Hall–Kier alpha value is -2.60. The van der Waals surface area contributed by atoms with Crippen LogP contribution in [-0.4, -0.2) is 22.5 Å². The van der Waals surface area contributed by atoms with Crippen LogP contribution in [-0.2, 0) is 11.3 Å². The number of amides is 2. The third-order valence-corrected chi connectivity index (χ3v) is 7.13. The maximum absolute atomic E-state index is 12.7. The van der Waals surface area contributed by atoms with E-state index in [1.54, 1.807) is 12.1 Å². The lowest BCUT2D eigenvalue weighted by molar-refractivity contribution is -0.169. The molecule has 6 rings (SSSR count). The van der Waals surface area contributed by atoms with Crippen molar-refractivity contribution < 1.29 is 19.1 Å². The summed E-state index contributed by atoms with van der Waals surface area (Å²) in [5.41, 5.74) is 1.11. The number of furan rings is 1. The van der Waals surface area contributed by atoms with Crippen LogP contribution in [0, 0.1) is 17.3 Å². The van der Waals surface area contributed by atoms with Crippen molar-refractivity contribution >= 4 is 17.5 Å². The number of hydrogen-bond acceptors (Lipinski definition) is 4. The summed E-state index contributed by atoms with van der Waals surface area (Å²) in [5, 5.41) is 16.7. The van der Waals surface area contributed by atoms with E-state index in [1.165, 1.54) is 12.7 Å². The quantitative estimate of drug-likeness (QED) is 0.677. The molecule has 4 fully saturated rings. The van der Waals surface area contributed by atoms with Gasteiger partial charge in [0.1, 0.15) is 0 Å². The van der Waals surface area contributed by atoms with Crippen molar-refractivity contribution in [1.82, 2.24) is 5.32 Å². The first-order chi connectivity index (χ1) is 14.4. The monoisotopic (exact) mass is 408 g/mol. The molecule has 2 atom stereocenters. The van der Waals surface area contributed by atoms with Crippen molar-refractivity contribution in [2.45, 2.75) is 57.1 Å². The van der Waals surface area contributed by atoms with Crippen LogP contribution in [0.15, 0.2) is 47.1 Å². The van der Waals surface area contributed by atoms with Crippen LogP contribution in [0.25, 0.3) is 0 Å². The van der Waals surface area contributed by atoms with Gasteiger partial charge in [0.2, 0.25) is 5.91 Å². The second kappa shape index (κ2) is 7.27. The molecule has 0 saturated heterocycles. The molecule has 4 aliphatic rings. The van der Waals surface area contributed by atoms with Gasteiger partial charge in [-0.3, -0.25) is 9.59 Å². The molecule has 4 aliphatic carbocycles. The third-order valence-electron chi connectivity index (χ3n) is 7.13. The highest BCUT2D eigenvalue weighted by atomic mass is 16.3. The van der Waals surface area contributed by atoms with E-state index >= 15 is 0 Å². The average molecular weight is 408 g/mol. The zero-order valence-electron chi connectivity index (χ0n) is 17.0.